The fourth-order valence-electron chi connectivity index (χ4n) is 6.37. The van der Waals surface area contributed by atoms with Gasteiger partial charge < -0.3 is 19.3 Å². The van der Waals surface area contributed by atoms with Gasteiger partial charge in [-0.05, 0) is 91.4 Å². The number of aliphatic hydroxyl groups excluding tert-OH is 1. The number of aryl methyl sites for hydroxylation is 1. The van der Waals surface area contributed by atoms with Crippen LogP contribution in [0.25, 0.3) is 0 Å². The number of methoxy groups -OCH3 is 1. The van der Waals surface area contributed by atoms with Gasteiger partial charge in [-0.2, -0.15) is 0 Å². The summed E-state index contributed by atoms with van der Waals surface area (Å²) >= 11 is 0. The monoisotopic (exact) mass is 402 g/mol. The maximum atomic E-state index is 11.3. The van der Waals surface area contributed by atoms with Gasteiger partial charge in [0.2, 0.25) is 0 Å². The lowest BCUT2D eigenvalue weighted by molar-refractivity contribution is -0.142. The molecule has 0 bridgehead atoms. The van der Waals surface area contributed by atoms with Crippen LogP contribution in [0.1, 0.15) is 62.5 Å². The van der Waals surface area contributed by atoms with Crippen molar-refractivity contribution < 1.29 is 24.1 Å². The Balaban J connectivity index is 1.46. The van der Waals surface area contributed by atoms with Crippen LogP contribution in [-0.4, -0.2) is 44.1 Å². The Bertz CT molecular complexity index is 732. The normalized spacial score (nSPS) is 32.8. The van der Waals surface area contributed by atoms with Crippen molar-refractivity contribution in [2.45, 2.75) is 63.9 Å². The van der Waals surface area contributed by atoms with Crippen LogP contribution in [0.15, 0.2) is 18.2 Å². The zero-order valence-corrected chi connectivity index (χ0v) is 17.7. The van der Waals surface area contributed by atoms with Crippen molar-refractivity contribution in [3.63, 3.8) is 0 Å². The molecule has 0 saturated heterocycles. The zero-order chi connectivity index (χ0) is 20.4. The minimum Gasteiger partial charge on any atom is -0.482 e. The van der Waals surface area contributed by atoms with E-state index in [4.69, 9.17) is 14.6 Å². The van der Waals surface area contributed by atoms with Crippen LogP contribution >= 0.6 is 0 Å². The number of carbonyl (C=O) groups is 1. The summed E-state index contributed by atoms with van der Waals surface area (Å²) in [7, 11) is 1.38. The highest BCUT2D eigenvalue weighted by atomic mass is 16.6. The molecule has 5 heteroatoms. The molecule has 0 spiro atoms. The zero-order valence-electron chi connectivity index (χ0n) is 17.7. The Hall–Kier alpha value is -1.59. The van der Waals surface area contributed by atoms with Crippen molar-refractivity contribution in [1.29, 1.82) is 0 Å². The molecule has 1 aromatic carbocycles. The van der Waals surface area contributed by atoms with E-state index < -0.39 is 0 Å². The quantitative estimate of drug-likeness (QED) is 0.554. The van der Waals surface area contributed by atoms with E-state index in [1.165, 1.54) is 43.9 Å². The highest BCUT2D eigenvalue weighted by molar-refractivity contribution is 5.70. The number of hydrogen-bond donors (Lipinski definition) is 1. The molecule has 2 fully saturated rings. The Morgan fingerprint density at radius 1 is 1.24 bits per heavy atom. The van der Waals surface area contributed by atoms with Gasteiger partial charge in [-0.15, -0.1) is 0 Å². The van der Waals surface area contributed by atoms with Crippen molar-refractivity contribution in [3.05, 3.63) is 29.3 Å². The molecule has 5 atom stereocenters. The van der Waals surface area contributed by atoms with E-state index in [1.807, 2.05) is 6.07 Å². The lowest BCUT2D eigenvalue weighted by Crippen LogP contribution is -2.44. The summed E-state index contributed by atoms with van der Waals surface area (Å²) in [5, 5.41) is 9.07. The SMILES string of the molecule is COC(=O)COc1ccc2c(c1)CC[C@@H]1[C@@H]2CC[C@]2(C)[C@@H](OCCCO)CC[C@@H]12. The van der Waals surface area contributed by atoms with Gasteiger partial charge in [-0.3, -0.25) is 0 Å². The smallest absolute Gasteiger partial charge is 0.343 e. The van der Waals surface area contributed by atoms with Crippen LogP contribution < -0.4 is 4.74 Å². The summed E-state index contributed by atoms with van der Waals surface area (Å²) in [5.74, 6) is 2.48. The Kier molecular flexibility index (Phi) is 6.16. The number of esters is 1. The molecular formula is C24H34O5. The van der Waals surface area contributed by atoms with Crippen LogP contribution in [-0.2, 0) is 20.7 Å². The van der Waals surface area contributed by atoms with Crippen molar-refractivity contribution in [2.75, 3.05) is 26.9 Å². The van der Waals surface area contributed by atoms with E-state index in [1.54, 1.807) is 0 Å². The van der Waals surface area contributed by atoms with E-state index in [9.17, 15) is 4.79 Å². The molecule has 0 unspecified atom stereocenters. The molecule has 0 radical (unpaired) electrons. The second-order valence-electron chi connectivity index (χ2n) is 9.20. The Labute approximate surface area is 173 Å². The highest BCUT2D eigenvalue weighted by Crippen LogP contribution is 2.61. The van der Waals surface area contributed by atoms with Crippen LogP contribution in [0, 0.1) is 17.3 Å². The van der Waals surface area contributed by atoms with Crippen molar-refractivity contribution in [3.8, 4) is 5.75 Å². The maximum absolute atomic E-state index is 11.3. The second kappa shape index (κ2) is 8.65. The van der Waals surface area contributed by atoms with Gasteiger partial charge in [0.05, 0.1) is 13.2 Å². The van der Waals surface area contributed by atoms with Crippen LogP contribution in [0.5, 0.6) is 5.75 Å². The maximum Gasteiger partial charge on any atom is 0.343 e. The predicted octanol–water partition coefficient (Wildman–Crippen LogP) is 3.86. The summed E-state index contributed by atoms with van der Waals surface area (Å²) in [5.41, 5.74) is 3.14. The molecule has 29 heavy (non-hydrogen) atoms. The fourth-order valence-corrected chi connectivity index (χ4v) is 6.37. The van der Waals surface area contributed by atoms with E-state index >= 15 is 0 Å². The molecule has 0 aliphatic heterocycles. The van der Waals surface area contributed by atoms with Gasteiger partial charge in [-0.25, -0.2) is 4.79 Å². The first-order chi connectivity index (χ1) is 14.1. The molecular weight excluding hydrogens is 368 g/mol. The standard InChI is InChI=1S/C24H34O5/c1-24-11-10-19-18-7-5-17(29-15-23(26)27-2)14-16(18)4-6-20(19)21(24)8-9-22(24)28-13-3-12-25/h5,7,14,19-22,25H,3-4,6,8-13,15H2,1-2H3/t19-,20-,21+,22+,24+/m1/s1. The highest BCUT2D eigenvalue weighted by Gasteiger charge is 2.55. The van der Waals surface area contributed by atoms with Crippen LogP contribution in [0.2, 0.25) is 0 Å². The molecule has 0 aromatic heterocycles. The number of hydrogen-bond acceptors (Lipinski definition) is 5. The van der Waals surface area contributed by atoms with Gasteiger partial charge in [-0.1, -0.05) is 13.0 Å². The molecule has 3 aliphatic rings. The molecule has 5 nitrogen and oxygen atoms in total. The van der Waals surface area contributed by atoms with Gasteiger partial charge in [0, 0.05) is 13.2 Å². The number of fused-ring (bicyclic) bond motifs is 5. The average Bonchev–Trinajstić information content (AvgIpc) is 3.08. The lowest BCUT2D eigenvalue weighted by Gasteiger charge is -2.50. The van der Waals surface area contributed by atoms with E-state index in [0.29, 0.717) is 18.6 Å². The third-order valence-corrected chi connectivity index (χ3v) is 7.82. The van der Waals surface area contributed by atoms with Crippen LogP contribution in [0.4, 0.5) is 0 Å². The van der Waals surface area contributed by atoms with Gasteiger partial charge in [0.15, 0.2) is 6.61 Å². The van der Waals surface area contributed by atoms with Gasteiger partial charge >= 0.3 is 5.97 Å². The third kappa shape index (κ3) is 3.91. The summed E-state index contributed by atoms with van der Waals surface area (Å²) in [6.45, 7) is 3.29. The molecule has 1 N–H and O–H groups in total. The minimum atomic E-state index is -0.355. The minimum absolute atomic E-state index is 0.0422. The van der Waals surface area contributed by atoms with Crippen LogP contribution in [0.3, 0.4) is 0 Å². The summed E-state index contributed by atoms with van der Waals surface area (Å²) < 4.78 is 16.5. The topological polar surface area (TPSA) is 65.0 Å². The molecule has 3 aliphatic carbocycles. The molecule has 0 heterocycles. The number of ether oxygens (including phenoxy) is 3. The van der Waals surface area contributed by atoms with E-state index in [-0.39, 0.29) is 24.6 Å². The van der Waals surface area contributed by atoms with Gasteiger partial charge in [0.25, 0.3) is 0 Å². The van der Waals surface area contributed by atoms with Crippen molar-refractivity contribution in [2.24, 2.45) is 17.3 Å². The number of rotatable bonds is 7. The molecule has 2 saturated carbocycles. The summed E-state index contributed by atoms with van der Waals surface area (Å²) in [4.78, 5) is 11.3. The number of aliphatic hydroxyl groups is 1. The van der Waals surface area contributed by atoms with Crippen molar-refractivity contribution in [1.82, 2.24) is 0 Å². The first kappa shape index (κ1) is 20.7. The molecule has 1 aromatic rings. The second-order valence-corrected chi connectivity index (χ2v) is 9.20. The van der Waals surface area contributed by atoms with E-state index in [0.717, 1.165) is 36.8 Å². The number of benzene rings is 1. The summed E-state index contributed by atoms with van der Waals surface area (Å²) in [6, 6.07) is 6.36. The number of carbonyl (C=O) groups excluding carboxylic acids is 1. The lowest BCUT2D eigenvalue weighted by atomic mass is 9.55. The first-order valence-corrected chi connectivity index (χ1v) is 11.1. The average molecular weight is 403 g/mol. The Morgan fingerprint density at radius 2 is 2.10 bits per heavy atom. The molecule has 160 valence electrons. The van der Waals surface area contributed by atoms with Gasteiger partial charge in [0.1, 0.15) is 5.75 Å². The first-order valence-electron chi connectivity index (χ1n) is 11.1. The molecule has 4 rings (SSSR count). The Morgan fingerprint density at radius 3 is 2.90 bits per heavy atom. The largest absolute Gasteiger partial charge is 0.482 e. The molecule has 0 amide bonds. The predicted molar refractivity (Wildman–Crippen MR) is 110 cm³/mol. The fraction of sp³-hybridized carbons (Fsp3) is 0.708. The summed E-state index contributed by atoms with van der Waals surface area (Å²) in [6.07, 6.45) is 8.22. The van der Waals surface area contributed by atoms with Crippen molar-refractivity contribution >= 4 is 5.97 Å². The van der Waals surface area contributed by atoms with E-state index in [2.05, 4.69) is 23.8 Å². The third-order valence-electron chi connectivity index (χ3n) is 7.82.